The third kappa shape index (κ3) is 1.85. The second-order valence-corrected chi connectivity index (χ2v) is 4.96. The predicted molar refractivity (Wildman–Crippen MR) is 62.4 cm³/mol. The summed E-state index contributed by atoms with van der Waals surface area (Å²) in [7, 11) is 0. The molecule has 0 fully saturated rings. The zero-order chi connectivity index (χ0) is 10.1. The summed E-state index contributed by atoms with van der Waals surface area (Å²) >= 11 is 10.5. The SMILES string of the molecule is Fc1cc(Cl)cc(Br)c1-c1cccs1. The highest BCUT2D eigenvalue weighted by Gasteiger charge is 2.11. The van der Waals surface area contributed by atoms with Crippen LogP contribution in [-0.2, 0) is 0 Å². The van der Waals surface area contributed by atoms with Gasteiger partial charge in [-0.05, 0) is 39.5 Å². The molecular formula is C10H5BrClFS. The largest absolute Gasteiger partial charge is 0.206 e. The molecule has 0 unspecified atom stereocenters. The van der Waals surface area contributed by atoms with Gasteiger partial charge in [-0.2, -0.15) is 0 Å². The molecule has 0 saturated heterocycles. The fourth-order valence-corrected chi connectivity index (χ4v) is 3.10. The highest BCUT2D eigenvalue weighted by atomic mass is 79.9. The quantitative estimate of drug-likeness (QED) is 0.696. The van der Waals surface area contributed by atoms with Gasteiger partial charge in [0.2, 0.25) is 0 Å². The Morgan fingerprint density at radius 3 is 2.71 bits per heavy atom. The smallest absolute Gasteiger partial charge is 0.134 e. The lowest BCUT2D eigenvalue weighted by Crippen LogP contribution is -1.83. The molecule has 1 aromatic heterocycles. The molecular weight excluding hydrogens is 287 g/mol. The van der Waals surface area contributed by atoms with Crippen LogP contribution in [0, 0.1) is 5.82 Å². The van der Waals surface area contributed by atoms with E-state index in [-0.39, 0.29) is 5.82 Å². The van der Waals surface area contributed by atoms with Crippen molar-refractivity contribution in [2.45, 2.75) is 0 Å². The summed E-state index contributed by atoms with van der Waals surface area (Å²) in [4.78, 5) is 0.894. The number of benzene rings is 1. The first-order valence-electron chi connectivity index (χ1n) is 3.87. The highest BCUT2D eigenvalue weighted by molar-refractivity contribution is 9.10. The Balaban J connectivity index is 2.64. The van der Waals surface area contributed by atoms with Gasteiger partial charge >= 0.3 is 0 Å². The van der Waals surface area contributed by atoms with Gasteiger partial charge in [-0.3, -0.25) is 0 Å². The van der Waals surface area contributed by atoms with Crippen LogP contribution in [0.3, 0.4) is 0 Å². The molecule has 0 aliphatic rings. The van der Waals surface area contributed by atoms with E-state index >= 15 is 0 Å². The maximum absolute atomic E-state index is 13.6. The molecule has 0 amide bonds. The topological polar surface area (TPSA) is 0 Å². The van der Waals surface area contributed by atoms with Gasteiger partial charge in [0.25, 0.3) is 0 Å². The second kappa shape index (κ2) is 4.01. The Hall–Kier alpha value is -0.380. The van der Waals surface area contributed by atoms with Gasteiger partial charge in [-0.15, -0.1) is 11.3 Å². The Bertz CT molecular complexity index is 430. The molecule has 1 heterocycles. The third-order valence-electron chi connectivity index (χ3n) is 1.77. The zero-order valence-electron chi connectivity index (χ0n) is 6.93. The van der Waals surface area contributed by atoms with Crippen LogP contribution in [0.5, 0.6) is 0 Å². The van der Waals surface area contributed by atoms with E-state index in [1.54, 1.807) is 6.07 Å². The van der Waals surface area contributed by atoms with Crippen molar-refractivity contribution in [2.24, 2.45) is 0 Å². The first kappa shape index (κ1) is 10.1. The lowest BCUT2D eigenvalue weighted by atomic mass is 10.2. The van der Waals surface area contributed by atoms with Gasteiger partial charge < -0.3 is 0 Å². The van der Waals surface area contributed by atoms with E-state index in [4.69, 9.17) is 11.6 Å². The average molecular weight is 292 g/mol. The van der Waals surface area contributed by atoms with Crippen LogP contribution in [0.2, 0.25) is 5.02 Å². The molecule has 14 heavy (non-hydrogen) atoms. The van der Waals surface area contributed by atoms with Crippen molar-refractivity contribution in [3.05, 3.63) is 45.0 Å². The van der Waals surface area contributed by atoms with Crippen molar-refractivity contribution in [3.63, 3.8) is 0 Å². The van der Waals surface area contributed by atoms with Crippen LogP contribution >= 0.6 is 38.9 Å². The van der Waals surface area contributed by atoms with Gasteiger partial charge in [-0.1, -0.05) is 17.7 Å². The van der Waals surface area contributed by atoms with E-state index in [2.05, 4.69) is 15.9 Å². The molecule has 2 rings (SSSR count). The Morgan fingerprint density at radius 1 is 1.36 bits per heavy atom. The summed E-state index contributed by atoms with van der Waals surface area (Å²) in [6.45, 7) is 0. The summed E-state index contributed by atoms with van der Waals surface area (Å²) in [5.41, 5.74) is 0.574. The Kier molecular flexibility index (Phi) is 2.91. The first-order valence-corrected chi connectivity index (χ1v) is 5.92. The summed E-state index contributed by atoms with van der Waals surface area (Å²) in [6, 6.07) is 6.78. The lowest BCUT2D eigenvalue weighted by Gasteiger charge is -2.03. The minimum atomic E-state index is -0.299. The maximum Gasteiger partial charge on any atom is 0.134 e. The van der Waals surface area contributed by atoms with Gasteiger partial charge in [0.15, 0.2) is 0 Å². The van der Waals surface area contributed by atoms with Crippen molar-refractivity contribution in [3.8, 4) is 10.4 Å². The van der Waals surface area contributed by atoms with Crippen LogP contribution in [0.15, 0.2) is 34.1 Å². The van der Waals surface area contributed by atoms with Gasteiger partial charge in [-0.25, -0.2) is 4.39 Å². The summed E-state index contributed by atoms with van der Waals surface area (Å²) in [5.74, 6) is -0.299. The first-order chi connectivity index (χ1) is 6.68. The molecule has 0 aliphatic carbocycles. The van der Waals surface area contributed by atoms with Gasteiger partial charge in [0.05, 0.1) is 0 Å². The Labute approximate surface area is 98.5 Å². The minimum absolute atomic E-state index is 0.299. The molecule has 1 aromatic carbocycles. The van der Waals surface area contributed by atoms with Crippen molar-refractivity contribution in [2.75, 3.05) is 0 Å². The number of rotatable bonds is 1. The molecule has 0 aliphatic heterocycles. The van der Waals surface area contributed by atoms with E-state index in [1.165, 1.54) is 17.4 Å². The minimum Gasteiger partial charge on any atom is -0.206 e. The zero-order valence-corrected chi connectivity index (χ0v) is 10.1. The van der Waals surface area contributed by atoms with E-state index in [9.17, 15) is 4.39 Å². The number of hydrogen-bond acceptors (Lipinski definition) is 1. The van der Waals surface area contributed by atoms with E-state index < -0.39 is 0 Å². The monoisotopic (exact) mass is 290 g/mol. The van der Waals surface area contributed by atoms with Crippen molar-refractivity contribution in [1.82, 2.24) is 0 Å². The molecule has 2 aromatic rings. The number of thiophene rings is 1. The molecule has 0 bridgehead atoms. The highest BCUT2D eigenvalue weighted by Crippen LogP contribution is 2.35. The average Bonchev–Trinajstić information content (AvgIpc) is 2.54. The molecule has 0 saturated carbocycles. The van der Waals surface area contributed by atoms with Gasteiger partial charge in [0, 0.05) is 19.9 Å². The van der Waals surface area contributed by atoms with Crippen molar-refractivity contribution < 1.29 is 4.39 Å². The lowest BCUT2D eigenvalue weighted by molar-refractivity contribution is 0.631. The molecule has 0 atom stereocenters. The van der Waals surface area contributed by atoms with Crippen LogP contribution in [0.25, 0.3) is 10.4 Å². The second-order valence-electron chi connectivity index (χ2n) is 2.72. The van der Waals surface area contributed by atoms with E-state index in [0.29, 0.717) is 15.1 Å². The Morgan fingerprint density at radius 2 is 2.14 bits per heavy atom. The molecule has 72 valence electrons. The van der Waals surface area contributed by atoms with Gasteiger partial charge in [0.1, 0.15) is 5.82 Å². The van der Waals surface area contributed by atoms with Crippen LogP contribution in [0.4, 0.5) is 4.39 Å². The van der Waals surface area contributed by atoms with Crippen LogP contribution in [-0.4, -0.2) is 0 Å². The molecule has 0 radical (unpaired) electrons. The number of halogens is 3. The maximum atomic E-state index is 13.6. The van der Waals surface area contributed by atoms with E-state index in [0.717, 1.165) is 4.88 Å². The van der Waals surface area contributed by atoms with Crippen LogP contribution < -0.4 is 0 Å². The van der Waals surface area contributed by atoms with Crippen molar-refractivity contribution >= 4 is 38.9 Å². The van der Waals surface area contributed by atoms with E-state index in [1.807, 2.05) is 17.5 Å². The third-order valence-corrected chi connectivity index (χ3v) is 3.51. The molecule has 0 N–H and O–H groups in total. The predicted octanol–water partition coefficient (Wildman–Crippen LogP) is 4.97. The summed E-state index contributed by atoms with van der Waals surface area (Å²) in [6.07, 6.45) is 0. The summed E-state index contributed by atoms with van der Waals surface area (Å²) < 4.78 is 14.3. The van der Waals surface area contributed by atoms with Crippen LogP contribution in [0.1, 0.15) is 0 Å². The fourth-order valence-electron chi connectivity index (χ4n) is 1.20. The standard InChI is InChI=1S/C10H5BrClFS/c11-7-4-6(12)5-8(13)10(7)9-2-1-3-14-9/h1-5H. The normalized spacial score (nSPS) is 10.5. The molecule has 4 heteroatoms. The molecule has 0 nitrogen and oxygen atoms in total. The fraction of sp³-hybridized carbons (Fsp3) is 0. The number of hydrogen-bond donors (Lipinski definition) is 0. The van der Waals surface area contributed by atoms with Crippen molar-refractivity contribution in [1.29, 1.82) is 0 Å². The molecule has 0 spiro atoms. The summed E-state index contributed by atoms with van der Waals surface area (Å²) in [5, 5.41) is 2.31.